The molecule has 1 amide bonds. The molecule has 0 fully saturated rings. The normalized spacial score (nSPS) is 10.8. The Kier molecular flexibility index (Phi) is 6.18. The van der Waals surface area contributed by atoms with Gasteiger partial charge in [-0.2, -0.15) is 0 Å². The molecule has 3 aromatic carbocycles. The number of fused-ring (bicyclic) bond motifs is 1. The van der Waals surface area contributed by atoms with E-state index in [-0.39, 0.29) is 5.91 Å². The summed E-state index contributed by atoms with van der Waals surface area (Å²) in [5, 5.41) is 4.01. The van der Waals surface area contributed by atoms with Crippen molar-refractivity contribution in [1.29, 1.82) is 0 Å². The van der Waals surface area contributed by atoms with Crippen molar-refractivity contribution in [3.8, 4) is 11.5 Å². The highest BCUT2D eigenvalue weighted by Gasteiger charge is 2.19. The van der Waals surface area contributed by atoms with Crippen LogP contribution in [0.1, 0.15) is 21.6 Å². The molecule has 0 saturated heterocycles. The van der Waals surface area contributed by atoms with Crippen LogP contribution in [0, 0.1) is 6.92 Å². The maximum Gasteiger partial charge on any atom is 0.269 e. The van der Waals surface area contributed by atoms with E-state index in [2.05, 4.69) is 41.5 Å². The van der Waals surface area contributed by atoms with Gasteiger partial charge in [-0.1, -0.05) is 41.6 Å². The number of aromatic nitrogens is 1. The Balaban J connectivity index is 1.63. The van der Waals surface area contributed by atoms with Crippen molar-refractivity contribution in [2.75, 3.05) is 14.2 Å². The molecule has 0 aliphatic rings. The van der Waals surface area contributed by atoms with Crippen molar-refractivity contribution >= 4 is 28.6 Å². The zero-order valence-corrected chi connectivity index (χ0v) is 18.5. The van der Waals surface area contributed by atoms with E-state index in [1.165, 1.54) is 5.56 Å². The molecule has 6 heteroatoms. The van der Waals surface area contributed by atoms with Gasteiger partial charge in [0.15, 0.2) is 0 Å². The molecule has 2 N–H and O–H groups in total. The zero-order valence-electron chi connectivity index (χ0n) is 17.7. The van der Waals surface area contributed by atoms with E-state index in [4.69, 9.17) is 9.47 Å². The molecule has 0 radical (unpaired) electrons. The first-order valence-electron chi connectivity index (χ1n) is 9.92. The number of carbonyl (C=O) groups is 1. The molecule has 0 aliphatic carbocycles. The number of amides is 1. The van der Waals surface area contributed by atoms with Gasteiger partial charge in [0.1, 0.15) is 17.2 Å². The summed E-state index contributed by atoms with van der Waals surface area (Å²) in [7, 11) is 3.27. The smallest absolute Gasteiger partial charge is 0.269 e. The van der Waals surface area contributed by atoms with Gasteiger partial charge < -0.3 is 19.8 Å². The predicted octanol–water partition coefficient (Wildman–Crippen LogP) is 5.57. The van der Waals surface area contributed by atoms with Crippen LogP contribution in [0.4, 0.5) is 0 Å². The molecule has 1 heterocycles. The molecule has 1 aromatic heterocycles. The van der Waals surface area contributed by atoms with Crippen LogP contribution < -0.4 is 14.8 Å². The second-order valence-corrected chi connectivity index (χ2v) is 8.27. The van der Waals surface area contributed by atoms with E-state index >= 15 is 0 Å². The Bertz CT molecular complexity index is 1200. The number of hydrogen-bond acceptors (Lipinski definition) is 4. The standard InChI is InChI=1S/C25H24N2O3S/c1-16-4-11-20(12-5-16)31-24-21-13-10-19(30-3)14-22(21)27-23(24)25(28)26-15-17-6-8-18(29-2)9-7-17/h4-14,27H,15H2,1-3H3,(H,26,28). The van der Waals surface area contributed by atoms with Gasteiger partial charge in [0, 0.05) is 22.9 Å². The number of hydrogen-bond donors (Lipinski definition) is 2. The molecule has 4 rings (SSSR count). The van der Waals surface area contributed by atoms with E-state index in [0.29, 0.717) is 12.2 Å². The Morgan fingerprint density at radius 2 is 1.61 bits per heavy atom. The summed E-state index contributed by atoms with van der Waals surface area (Å²) in [5.74, 6) is 1.38. The Labute approximate surface area is 185 Å². The number of ether oxygens (including phenoxy) is 2. The molecule has 4 aromatic rings. The van der Waals surface area contributed by atoms with Crippen molar-refractivity contribution in [3.05, 3.63) is 83.6 Å². The summed E-state index contributed by atoms with van der Waals surface area (Å²) < 4.78 is 10.5. The van der Waals surface area contributed by atoms with Gasteiger partial charge in [-0.3, -0.25) is 4.79 Å². The summed E-state index contributed by atoms with van der Waals surface area (Å²) in [4.78, 5) is 18.4. The third-order valence-corrected chi connectivity index (χ3v) is 6.17. The number of aryl methyl sites for hydroxylation is 1. The molecule has 0 spiro atoms. The van der Waals surface area contributed by atoms with Crippen LogP contribution in [0.5, 0.6) is 11.5 Å². The van der Waals surface area contributed by atoms with Gasteiger partial charge in [-0.05, 0) is 48.9 Å². The van der Waals surface area contributed by atoms with Gasteiger partial charge in [0.05, 0.1) is 24.6 Å². The van der Waals surface area contributed by atoms with Gasteiger partial charge in [-0.25, -0.2) is 0 Å². The molecule has 5 nitrogen and oxygen atoms in total. The summed E-state index contributed by atoms with van der Waals surface area (Å²) in [6.07, 6.45) is 0. The van der Waals surface area contributed by atoms with Gasteiger partial charge >= 0.3 is 0 Å². The van der Waals surface area contributed by atoms with Crippen LogP contribution in [0.25, 0.3) is 10.9 Å². The van der Waals surface area contributed by atoms with E-state index in [1.807, 2.05) is 42.5 Å². The van der Waals surface area contributed by atoms with Gasteiger partial charge in [0.25, 0.3) is 5.91 Å². The molecular formula is C25H24N2O3S. The fourth-order valence-corrected chi connectivity index (χ4v) is 4.32. The van der Waals surface area contributed by atoms with Crippen LogP contribution in [0.15, 0.2) is 76.5 Å². The fraction of sp³-hybridized carbons (Fsp3) is 0.160. The van der Waals surface area contributed by atoms with Crippen molar-refractivity contribution in [2.24, 2.45) is 0 Å². The number of nitrogens with one attached hydrogen (secondary N) is 2. The highest BCUT2D eigenvalue weighted by atomic mass is 32.2. The van der Waals surface area contributed by atoms with E-state index in [0.717, 1.165) is 37.8 Å². The zero-order chi connectivity index (χ0) is 21.8. The minimum absolute atomic E-state index is 0.152. The minimum atomic E-state index is -0.152. The minimum Gasteiger partial charge on any atom is -0.497 e. The third kappa shape index (κ3) is 4.70. The van der Waals surface area contributed by atoms with E-state index in [9.17, 15) is 4.79 Å². The Morgan fingerprint density at radius 1 is 0.935 bits per heavy atom. The maximum atomic E-state index is 13.1. The second-order valence-electron chi connectivity index (χ2n) is 7.19. The van der Waals surface area contributed by atoms with Crippen LogP contribution in [-0.2, 0) is 6.54 Å². The number of aromatic amines is 1. The number of carbonyl (C=O) groups excluding carboxylic acids is 1. The lowest BCUT2D eigenvalue weighted by Crippen LogP contribution is -2.23. The lowest BCUT2D eigenvalue weighted by molar-refractivity contribution is 0.0944. The number of H-pyrrole nitrogens is 1. The summed E-state index contributed by atoms with van der Waals surface area (Å²) in [6, 6.07) is 21.7. The summed E-state index contributed by atoms with van der Waals surface area (Å²) in [6.45, 7) is 2.49. The van der Waals surface area contributed by atoms with Crippen molar-refractivity contribution in [1.82, 2.24) is 10.3 Å². The van der Waals surface area contributed by atoms with Crippen molar-refractivity contribution < 1.29 is 14.3 Å². The summed E-state index contributed by atoms with van der Waals surface area (Å²) >= 11 is 1.58. The second kappa shape index (κ2) is 9.18. The lowest BCUT2D eigenvalue weighted by Gasteiger charge is -2.08. The average molecular weight is 433 g/mol. The molecule has 31 heavy (non-hydrogen) atoms. The molecule has 0 saturated carbocycles. The van der Waals surface area contributed by atoms with Crippen LogP contribution in [0.3, 0.4) is 0 Å². The number of benzene rings is 3. The first-order valence-corrected chi connectivity index (χ1v) is 10.7. The molecule has 0 aliphatic heterocycles. The predicted molar refractivity (Wildman–Crippen MR) is 124 cm³/mol. The van der Waals surface area contributed by atoms with Crippen LogP contribution in [0.2, 0.25) is 0 Å². The van der Waals surface area contributed by atoms with Crippen LogP contribution >= 0.6 is 11.8 Å². The number of methoxy groups -OCH3 is 2. The fourth-order valence-electron chi connectivity index (χ4n) is 3.28. The third-order valence-electron chi connectivity index (χ3n) is 5.04. The Hall–Kier alpha value is -3.38. The topological polar surface area (TPSA) is 63.3 Å². The molecule has 0 unspecified atom stereocenters. The van der Waals surface area contributed by atoms with E-state index in [1.54, 1.807) is 26.0 Å². The highest BCUT2D eigenvalue weighted by Crippen LogP contribution is 2.38. The van der Waals surface area contributed by atoms with Gasteiger partial charge in [-0.15, -0.1) is 0 Å². The molecule has 0 atom stereocenters. The SMILES string of the molecule is COc1ccc(CNC(=O)c2[nH]c3cc(OC)ccc3c2Sc2ccc(C)cc2)cc1. The highest BCUT2D eigenvalue weighted by molar-refractivity contribution is 7.99. The molecule has 158 valence electrons. The van der Waals surface area contributed by atoms with Crippen LogP contribution in [-0.4, -0.2) is 25.1 Å². The average Bonchev–Trinajstić information content (AvgIpc) is 3.16. The van der Waals surface area contributed by atoms with E-state index < -0.39 is 0 Å². The quantitative estimate of drug-likeness (QED) is 0.400. The first-order chi connectivity index (χ1) is 15.1. The maximum absolute atomic E-state index is 13.1. The van der Waals surface area contributed by atoms with Gasteiger partial charge in [0.2, 0.25) is 0 Å². The van der Waals surface area contributed by atoms with Crippen molar-refractivity contribution in [2.45, 2.75) is 23.3 Å². The molecule has 0 bridgehead atoms. The summed E-state index contributed by atoms with van der Waals surface area (Å²) in [5.41, 5.74) is 3.61. The number of rotatable bonds is 7. The monoisotopic (exact) mass is 432 g/mol. The Morgan fingerprint density at radius 3 is 2.29 bits per heavy atom. The molecular weight excluding hydrogens is 408 g/mol. The largest absolute Gasteiger partial charge is 0.497 e. The first kappa shape index (κ1) is 20.9. The lowest BCUT2D eigenvalue weighted by atomic mass is 10.2. The van der Waals surface area contributed by atoms with Crippen molar-refractivity contribution in [3.63, 3.8) is 0 Å².